The van der Waals surface area contributed by atoms with E-state index in [9.17, 15) is 5.21 Å². The molecule has 4 nitrogen and oxygen atoms in total. The largest absolute Gasteiger partial charge is 0.359 e. The Bertz CT molecular complexity index is 273. The number of hydrogen-bond acceptors (Lipinski definition) is 3. The van der Waals surface area contributed by atoms with E-state index in [1.54, 1.807) is 13.8 Å². The van der Waals surface area contributed by atoms with Gasteiger partial charge in [0, 0.05) is 5.16 Å². The van der Waals surface area contributed by atoms with Gasteiger partial charge in [-0.2, -0.15) is 0 Å². The quantitative estimate of drug-likeness (QED) is 0.554. The van der Waals surface area contributed by atoms with Gasteiger partial charge in [0.25, 0.3) is 0 Å². The van der Waals surface area contributed by atoms with Crippen molar-refractivity contribution in [2.24, 2.45) is 0 Å². The molecule has 0 aliphatic rings. The van der Waals surface area contributed by atoms with Crippen LogP contribution in [0.3, 0.4) is 0 Å². The minimum atomic E-state index is -0.454. The lowest BCUT2D eigenvalue weighted by molar-refractivity contribution is -0.808. The topological polar surface area (TPSA) is 53.0 Å². The van der Waals surface area contributed by atoms with Gasteiger partial charge in [0.15, 0.2) is 0 Å². The smallest absolute Gasteiger partial charge is 0.240 e. The number of rotatable bonds is 2. The zero-order valence-corrected chi connectivity index (χ0v) is 8.13. The summed E-state index contributed by atoms with van der Waals surface area (Å²) >= 11 is 11.5. The van der Waals surface area contributed by atoms with E-state index in [0.29, 0.717) is 5.69 Å². The van der Waals surface area contributed by atoms with E-state index in [1.807, 2.05) is 0 Å². The number of hydrogen-bond donors (Lipinski definition) is 0. The average Bonchev–Trinajstić information content (AvgIpc) is 2.30. The maximum Gasteiger partial charge on any atom is 0.240 e. The lowest BCUT2D eigenvalue weighted by Gasteiger charge is -1.99. The fourth-order valence-electron chi connectivity index (χ4n) is 0.891. The van der Waals surface area contributed by atoms with Crippen LogP contribution in [0.25, 0.3) is 0 Å². The first kappa shape index (κ1) is 9.61. The highest BCUT2D eigenvalue weighted by molar-refractivity contribution is 6.22. The van der Waals surface area contributed by atoms with Crippen molar-refractivity contribution in [2.45, 2.75) is 24.6 Å². The zero-order valence-electron chi connectivity index (χ0n) is 6.62. The highest BCUT2D eigenvalue weighted by Gasteiger charge is 2.26. The fourth-order valence-corrected chi connectivity index (χ4v) is 1.23. The van der Waals surface area contributed by atoms with Crippen molar-refractivity contribution in [1.29, 1.82) is 0 Å². The molecule has 1 heterocycles. The van der Waals surface area contributed by atoms with Crippen LogP contribution in [-0.2, 0) is 0 Å². The maximum absolute atomic E-state index is 10.9. The normalized spacial score (nSPS) is 16.0. The van der Waals surface area contributed by atoms with Crippen molar-refractivity contribution in [3.8, 4) is 0 Å². The van der Waals surface area contributed by atoms with Gasteiger partial charge in [0.05, 0.1) is 0 Å². The summed E-state index contributed by atoms with van der Waals surface area (Å²) < 4.78 is 4.36. The molecule has 0 aliphatic heterocycles. The number of alkyl halides is 2. The van der Waals surface area contributed by atoms with Crippen LogP contribution in [0.4, 0.5) is 0 Å². The van der Waals surface area contributed by atoms with Crippen molar-refractivity contribution < 1.29 is 9.53 Å². The summed E-state index contributed by atoms with van der Waals surface area (Å²) in [5, 5.41) is 13.6. The van der Waals surface area contributed by atoms with Crippen LogP contribution in [0.5, 0.6) is 0 Å². The van der Waals surface area contributed by atoms with E-state index in [-0.39, 0.29) is 16.0 Å². The maximum atomic E-state index is 10.9. The highest BCUT2D eigenvalue weighted by atomic mass is 35.5. The summed E-state index contributed by atoms with van der Waals surface area (Å²) in [7, 11) is 0. The molecule has 0 radical (unpaired) electrons. The summed E-state index contributed by atoms with van der Waals surface area (Å²) in [4.78, 5) is 0.284. The molecular formula is C6H8Cl2N2O2. The van der Waals surface area contributed by atoms with Crippen LogP contribution in [0, 0.1) is 5.21 Å². The van der Waals surface area contributed by atoms with Gasteiger partial charge in [0.1, 0.15) is 10.8 Å². The summed E-state index contributed by atoms with van der Waals surface area (Å²) in [5.41, 5.74) is 0.674. The average molecular weight is 211 g/mol. The molecule has 68 valence electrons. The lowest BCUT2D eigenvalue weighted by Crippen LogP contribution is -2.29. The SMILES string of the molecule is CC(Cl)c1no[n+]([O-])c1C(C)Cl. The molecule has 1 rings (SSSR count). The van der Waals surface area contributed by atoms with Crippen molar-refractivity contribution in [3.05, 3.63) is 16.6 Å². The Balaban J connectivity index is 3.12. The van der Waals surface area contributed by atoms with E-state index < -0.39 is 5.38 Å². The van der Waals surface area contributed by atoms with E-state index in [4.69, 9.17) is 23.2 Å². The van der Waals surface area contributed by atoms with Crippen LogP contribution >= 0.6 is 23.2 Å². The monoisotopic (exact) mass is 210 g/mol. The zero-order chi connectivity index (χ0) is 9.30. The molecule has 12 heavy (non-hydrogen) atoms. The molecule has 0 bridgehead atoms. The van der Waals surface area contributed by atoms with Gasteiger partial charge in [0.2, 0.25) is 11.4 Å². The van der Waals surface area contributed by atoms with Gasteiger partial charge in [-0.3, -0.25) is 4.63 Å². The second kappa shape index (κ2) is 3.49. The minimum Gasteiger partial charge on any atom is -0.359 e. The van der Waals surface area contributed by atoms with Crippen LogP contribution in [-0.4, -0.2) is 5.16 Å². The number of aromatic nitrogens is 2. The Morgan fingerprint density at radius 1 is 1.42 bits per heavy atom. The molecule has 6 heteroatoms. The van der Waals surface area contributed by atoms with Gasteiger partial charge >= 0.3 is 0 Å². The predicted molar refractivity (Wildman–Crippen MR) is 44.0 cm³/mol. The van der Waals surface area contributed by atoms with Crippen LogP contribution in [0.15, 0.2) is 4.63 Å². The number of nitrogens with zero attached hydrogens (tertiary/aromatic N) is 2. The molecular weight excluding hydrogens is 203 g/mol. The molecule has 2 unspecified atom stereocenters. The Morgan fingerprint density at radius 3 is 2.33 bits per heavy atom. The molecule has 0 spiro atoms. The Morgan fingerprint density at radius 2 is 2.00 bits per heavy atom. The summed E-state index contributed by atoms with van der Waals surface area (Å²) in [6.45, 7) is 3.35. The van der Waals surface area contributed by atoms with E-state index in [1.165, 1.54) is 0 Å². The molecule has 0 fully saturated rings. The third-order valence-corrected chi connectivity index (χ3v) is 1.84. The molecule has 2 atom stereocenters. The third-order valence-electron chi connectivity index (χ3n) is 1.43. The van der Waals surface area contributed by atoms with Gasteiger partial charge in [-0.05, 0) is 18.8 Å². The molecule has 0 N–H and O–H groups in total. The molecule has 0 saturated carbocycles. The first-order valence-corrected chi connectivity index (χ1v) is 4.29. The molecule has 1 aromatic rings. The van der Waals surface area contributed by atoms with Crippen molar-refractivity contribution in [3.63, 3.8) is 0 Å². The second-order valence-corrected chi connectivity index (χ2v) is 3.74. The lowest BCUT2D eigenvalue weighted by atomic mass is 10.2. The standard InChI is InChI=1S/C6H8Cl2N2O2/c1-3(7)5-6(4(2)8)10(11)12-9-5/h3-4H,1-2H3. The van der Waals surface area contributed by atoms with Crippen LogP contribution < -0.4 is 4.90 Å². The van der Waals surface area contributed by atoms with Crippen molar-refractivity contribution in [2.75, 3.05) is 0 Å². The van der Waals surface area contributed by atoms with Gasteiger partial charge < -0.3 is 5.21 Å². The Labute approximate surface area is 79.6 Å². The number of halogens is 2. The second-order valence-electron chi connectivity index (χ2n) is 2.43. The van der Waals surface area contributed by atoms with E-state index in [0.717, 1.165) is 0 Å². The van der Waals surface area contributed by atoms with E-state index in [2.05, 4.69) is 9.79 Å². The van der Waals surface area contributed by atoms with Crippen molar-refractivity contribution >= 4 is 23.2 Å². The van der Waals surface area contributed by atoms with Crippen LogP contribution in [0.2, 0.25) is 0 Å². The summed E-state index contributed by atoms with van der Waals surface area (Å²) in [6, 6.07) is 0. The molecule has 0 saturated heterocycles. The fraction of sp³-hybridized carbons (Fsp3) is 0.667. The molecule has 1 aromatic heterocycles. The summed E-state index contributed by atoms with van der Waals surface area (Å²) in [5.74, 6) is 0. The Hall–Kier alpha value is -0.480. The Kier molecular flexibility index (Phi) is 2.80. The van der Waals surface area contributed by atoms with Gasteiger partial charge in [-0.15, -0.1) is 23.2 Å². The van der Waals surface area contributed by atoms with Gasteiger partial charge in [-0.25, -0.2) is 0 Å². The predicted octanol–water partition coefficient (Wildman–Crippen LogP) is 1.91. The first-order chi connectivity index (χ1) is 5.54. The minimum absolute atomic E-state index is 0.277. The van der Waals surface area contributed by atoms with Crippen LogP contribution in [0.1, 0.15) is 36.0 Å². The molecule has 0 amide bonds. The molecule has 0 aliphatic carbocycles. The third kappa shape index (κ3) is 1.64. The molecule has 0 aromatic carbocycles. The van der Waals surface area contributed by atoms with Crippen molar-refractivity contribution in [1.82, 2.24) is 5.16 Å². The first-order valence-electron chi connectivity index (χ1n) is 3.41. The highest BCUT2D eigenvalue weighted by Crippen LogP contribution is 2.26. The summed E-state index contributed by atoms with van der Waals surface area (Å²) in [6.07, 6.45) is 0. The van der Waals surface area contributed by atoms with Gasteiger partial charge in [-0.1, -0.05) is 0 Å². The van der Waals surface area contributed by atoms with E-state index >= 15 is 0 Å².